The molecule has 2 amide bonds. The molecule has 0 aromatic carbocycles. The van der Waals surface area contributed by atoms with Crippen molar-refractivity contribution < 1.29 is 14.1 Å². The number of amides is 2. The highest BCUT2D eigenvalue weighted by Crippen LogP contribution is 2.26. The number of thiophene rings is 1. The quantitative estimate of drug-likeness (QED) is 0.737. The first-order valence-corrected chi connectivity index (χ1v) is 9.50. The number of hydrogen-bond acceptors (Lipinski definition) is 7. The number of morpholine rings is 1. The molecule has 3 aromatic rings. The van der Waals surface area contributed by atoms with Crippen LogP contribution in [0.15, 0.2) is 34.4 Å². The molecule has 9 nitrogen and oxygen atoms in total. The normalized spacial score (nSPS) is 18.4. The lowest BCUT2D eigenvalue weighted by Gasteiger charge is -2.34. The van der Waals surface area contributed by atoms with E-state index in [1.165, 1.54) is 0 Å². The van der Waals surface area contributed by atoms with Gasteiger partial charge in [-0.15, -0.1) is 11.3 Å². The van der Waals surface area contributed by atoms with Crippen LogP contribution in [0.4, 0.5) is 4.79 Å². The number of hydrogen-bond donors (Lipinski definition) is 1. The Morgan fingerprint density at radius 1 is 1.48 bits per heavy atom. The summed E-state index contributed by atoms with van der Waals surface area (Å²) in [7, 11) is 1.82. The third-order valence-electron chi connectivity index (χ3n) is 4.39. The van der Waals surface area contributed by atoms with E-state index in [0.717, 1.165) is 10.4 Å². The van der Waals surface area contributed by atoms with Crippen LogP contribution in [0.1, 0.15) is 29.7 Å². The minimum atomic E-state index is -0.400. The number of nitrogens with zero attached hydrogens (tertiary/aromatic N) is 5. The van der Waals surface area contributed by atoms with Crippen LogP contribution in [0.25, 0.3) is 11.5 Å². The highest BCUT2D eigenvalue weighted by molar-refractivity contribution is 7.10. The van der Waals surface area contributed by atoms with E-state index < -0.39 is 6.04 Å². The molecule has 1 aliphatic heterocycles. The van der Waals surface area contributed by atoms with Crippen LogP contribution in [0.2, 0.25) is 0 Å². The molecule has 1 aliphatic rings. The van der Waals surface area contributed by atoms with Gasteiger partial charge in [0.05, 0.1) is 31.0 Å². The van der Waals surface area contributed by atoms with E-state index in [0.29, 0.717) is 31.5 Å². The van der Waals surface area contributed by atoms with Crippen molar-refractivity contribution in [2.45, 2.75) is 19.0 Å². The molecule has 0 spiro atoms. The zero-order chi connectivity index (χ0) is 18.8. The third kappa shape index (κ3) is 3.71. The zero-order valence-electron chi connectivity index (χ0n) is 15.0. The molecular formula is C17H20N6O3S. The Labute approximate surface area is 159 Å². The summed E-state index contributed by atoms with van der Waals surface area (Å²) >= 11 is 1.61. The molecule has 4 heterocycles. The second-order valence-electron chi connectivity index (χ2n) is 6.33. The van der Waals surface area contributed by atoms with Gasteiger partial charge in [-0.2, -0.15) is 10.1 Å². The van der Waals surface area contributed by atoms with Crippen molar-refractivity contribution in [2.75, 3.05) is 19.8 Å². The van der Waals surface area contributed by atoms with Gasteiger partial charge in [-0.05, 0) is 18.4 Å². The van der Waals surface area contributed by atoms with Crippen LogP contribution in [0.3, 0.4) is 0 Å². The largest absolute Gasteiger partial charge is 0.377 e. The maximum Gasteiger partial charge on any atom is 0.318 e. The van der Waals surface area contributed by atoms with Gasteiger partial charge in [-0.25, -0.2) is 4.79 Å². The third-order valence-corrected chi connectivity index (χ3v) is 5.45. The molecule has 142 valence electrons. The number of rotatable bonds is 4. The lowest BCUT2D eigenvalue weighted by molar-refractivity contribution is 0.00743. The second kappa shape index (κ2) is 7.49. The van der Waals surface area contributed by atoms with E-state index >= 15 is 0 Å². The van der Waals surface area contributed by atoms with Crippen LogP contribution in [0.5, 0.6) is 0 Å². The first kappa shape index (κ1) is 17.7. The summed E-state index contributed by atoms with van der Waals surface area (Å²) in [6.07, 6.45) is 3.45. The predicted octanol–water partition coefficient (Wildman–Crippen LogP) is 2.38. The van der Waals surface area contributed by atoms with Crippen LogP contribution in [-0.2, 0) is 11.8 Å². The fraction of sp³-hybridized carbons (Fsp3) is 0.412. The number of urea groups is 1. The number of ether oxygens (including phenoxy) is 1. The molecular weight excluding hydrogens is 368 g/mol. The summed E-state index contributed by atoms with van der Waals surface area (Å²) in [6.45, 7) is 3.23. The average molecular weight is 388 g/mol. The Hall–Kier alpha value is -2.72. The number of aryl methyl sites for hydroxylation is 1. The Morgan fingerprint density at radius 3 is 3.11 bits per heavy atom. The molecule has 27 heavy (non-hydrogen) atoms. The van der Waals surface area contributed by atoms with Gasteiger partial charge in [0.25, 0.3) is 5.89 Å². The molecule has 0 saturated carbocycles. The van der Waals surface area contributed by atoms with Gasteiger partial charge in [0.2, 0.25) is 0 Å². The minimum Gasteiger partial charge on any atom is -0.377 e. The van der Waals surface area contributed by atoms with Crippen molar-refractivity contribution in [1.82, 2.24) is 30.1 Å². The standard InChI is InChI=1S/C17H20N6O3S/c1-11(14-4-3-7-27-14)19-17(24)23-5-6-25-10-13(23)15-20-16(26-21-15)12-8-18-22(2)9-12/h3-4,7-9,11,13H,5-6,10H2,1-2H3,(H,19,24). The molecule has 4 rings (SSSR count). The van der Waals surface area contributed by atoms with E-state index in [9.17, 15) is 4.79 Å². The average Bonchev–Trinajstić information content (AvgIpc) is 3.42. The molecule has 0 bridgehead atoms. The molecule has 1 fully saturated rings. The van der Waals surface area contributed by atoms with Crippen molar-refractivity contribution in [1.29, 1.82) is 0 Å². The Kier molecular flexibility index (Phi) is 4.90. The van der Waals surface area contributed by atoms with Gasteiger partial charge in [0.15, 0.2) is 5.82 Å². The van der Waals surface area contributed by atoms with Gasteiger partial charge < -0.3 is 19.5 Å². The van der Waals surface area contributed by atoms with Crippen molar-refractivity contribution in [3.63, 3.8) is 0 Å². The summed E-state index contributed by atoms with van der Waals surface area (Å²) in [5.74, 6) is 0.795. The summed E-state index contributed by atoms with van der Waals surface area (Å²) in [5, 5.41) is 13.2. The fourth-order valence-electron chi connectivity index (χ4n) is 2.96. The molecule has 0 aliphatic carbocycles. The van der Waals surface area contributed by atoms with Gasteiger partial charge in [-0.1, -0.05) is 11.2 Å². The van der Waals surface area contributed by atoms with Crippen molar-refractivity contribution >= 4 is 17.4 Å². The van der Waals surface area contributed by atoms with E-state index in [1.807, 2.05) is 31.5 Å². The van der Waals surface area contributed by atoms with Crippen molar-refractivity contribution in [3.05, 3.63) is 40.6 Å². The molecule has 2 unspecified atom stereocenters. The summed E-state index contributed by atoms with van der Waals surface area (Å²) < 4.78 is 12.6. The van der Waals surface area contributed by atoms with E-state index in [2.05, 4.69) is 20.6 Å². The molecule has 2 atom stereocenters. The summed E-state index contributed by atoms with van der Waals surface area (Å²) in [4.78, 5) is 20.1. The number of nitrogens with one attached hydrogen (secondary N) is 1. The first-order chi connectivity index (χ1) is 13.1. The topological polar surface area (TPSA) is 98.3 Å². The van der Waals surface area contributed by atoms with Gasteiger partial charge >= 0.3 is 6.03 Å². The van der Waals surface area contributed by atoms with Crippen LogP contribution in [0, 0.1) is 0 Å². The van der Waals surface area contributed by atoms with Gasteiger partial charge in [0.1, 0.15) is 6.04 Å². The van der Waals surface area contributed by atoms with Crippen molar-refractivity contribution in [2.24, 2.45) is 7.05 Å². The van der Waals surface area contributed by atoms with E-state index in [-0.39, 0.29) is 12.1 Å². The van der Waals surface area contributed by atoms with Crippen LogP contribution in [-0.4, -0.2) is 50.6 Å². The number of aromatic nitrogens is 4. The summed E-state index contributed by atoms with van der Waals surface area (Å²) in [5.41, 5.74) is 0.732. The predicted molar refractivity (Wildman–Crippen MR) is 98.0 cm³/mol. The monoisotopic (exact) mass is 388 g/mol. The number of carbonyl (C=O) groups is 1. The Balaban J connectivity index is 1.50. The Bertz CT molecular complexity index is 906. The first-order valence-electron chi connectivity index (χ1n) is 8.62. The summed E-state index contributed by atoms with van der Waals surface area (Å²) in [6, 6.07) is 3.34. The minimum absolute atomic E-state index is 0.0720. The molecule has 3 aromatic heterocycles. The van der Waals surface area contributed by atoms with Crippen LogP contribution >= 0.6 is 11.3 Å². The van der Waals surface area contributed by atoms with Gasteiger partial charge in [0, 0.05) is 24.7 Å². The van der Waals surface area contributed by atoms with Gasteiger partial charge in [-0.3, -0.25) is 4.68 Å². The molecule has 1 saturated heterocycles. The molecule has 10 heteroatoms. The maximum absolute atomic E-state index is 12.8. The highest BCUT2D eigenvalue weighted by atomic mass is 32.1. The highest BCUT2D eigenvalue weighted by Gasteiger charge is 2.33. The Morgan fingerprint density at radius 2 is 2.37 bits per heavy atom. The SMILES string of the molecule is CC(NC(=O)N1CCOCC1c1noc(-c2cnn(C)c2)n1)c1cccs1. The van der Waals surface area contributed by atoms with Crippen molar-refractivity contribution in [3.8, 4) is 11.5 Å². The lowest BCUT2D eigenvalue weighted by atomic mass is 10.2. The zero-order valence-corrected chi connectivity index (χ0v) is 15.8. The molecule has 0 radical (unpaired) electrons. The lowest BCUT2D eigenvalue weighted by Crippen LogP contribution is -2.48. The molecule has 1 N–H and O–H groups in total. The number of carbonyl (C=O) groups excluding carboxylic acids is 1. The fourth-order valence-corrected chi connectivity index (χ4v) is 3.69. The smallest absolute Gasteiger partial charge is 0.318 e. The van der Waals surface area contributed by atoms with E-state index in [4.69, 9.17) is 9.26 Å². The second-order valence-corrected chi connectivity index (χ2v) is 7.31. The van der Waals surface area contributed by atoms with Crippen LogP contribution < -0.4 is 5.32 Å². The maximum atomic E-state index is 12.8. The van der Waals surface area contributed by atoms with E-state index in [1.54, 1.807) is 33.3 Å².